The van der Waals surface area contributed by atoms with Crippen molar-refractivity contribution in [3.8, 4) is 0 Å². The standard InChI is InChI=1S/C41H62O14/c1-35(2)23-8-11-40(7)29(22(43)16-20-21-17-37(4,34(49)50)13-12-36(21,3)14-15-39(20,40)6)38(23,5)10-9-24(35)53-32-28(26(45)25(44)27(54-32)31(47)48)55-33-30(46)41(51,18-42)19-52-33/h16,21,23-30,32-33,42,44-46,51H,8-15,17-19H2,1-7H3,(H,47,48)(H,49,50)/t21-,23-,24+,25+,26+,27+,28-,29-,30+,32-,33+,36+,37-,38+,39-,40-,41-/m0/s1. The molecule has 0 unspecified atom stereocenters. The minimum atomic E-state index is -2.04. The van der Waals surface area contributed by atoms with Gasteiger partial charge in [-0.25, -0.2) is 4.79 Å². The highest BCUT2D eigenvalue weighted by Gasteiger charge is 2.71. The minimum absolute atomic E-state index is 0.0104. The van der Waals surface area contributed by atoms with Crippen LogP contribution in [-0.2, 0) is 33.3 Å². The van der Waals surface area contributed by atoms with Gasteiger partial charge in [0.2, 0.25) is 0 Å². The summed E-state index contributed by atoms with van der Waals surface area (Å²) in [6.45, 7) is 13.8. The van der Waals surface area contributed by atoms with Gasteiger partial charge in [0.15, 0.2) is 24.5 Å². The van der Waals surface area contributed by atoms with E-state index < -0.39 is 96.2 Å². The third kappa shape index (κ3) is 5.85. The van der Waals surface area contributed by atoms with Crippen molar-refractivity contribution in [1.29, 1.82) is 0 Å². The van der Waals surface area contributed by atoms with E-state index in [2.05, 4.69) is 41.5 Å². The zero-order valence-corrected chi connectivity index (χ0v) is 33.2. The number of carboxylic acids is 2. The lowest BCUT2D eigenvalue weighted by Crippen LogP contribution is -2.67. The molecule has 17 atom stereocenters. The lowest BCUT2D eigenvalue weighted by molar-refractivity contribution is -0.349. The Labute approximate surface area is 322 Å². The molecule has 310 valence electrons. The van der Waals surface area contributed by atoms with Crippen molar-refractivity contribution in [3.63, 3.8) is 0 Å². The molecule has 0 aromatic rings. The molecule has 0 spiro atoms. The van der Waals surface area contributed by atoms with Crippen molar-refractivity contribution < 1.29 is 69.1 Å². The summed E-state index contributed by atoms with van der Waals surface area (Å²) in [5.74, 6) is -2.50. The maximum Gasteiger partial charge on any atom is 0.335 e. The highest BCUT2D eigenvalue weighted by Crippen LogP contribution is 2.75. The van der Waals surface area contributed by atoms with Gasteiger partial charge in [-0.2, -0.15) is 0 Å². The second-order valence-electron chi connectivity index (χ2n) is 20.3. The molecule has 14 heteroatoms. The van der Waals surface area contributed by atoms with Gasteiger partial charge in [-0.15, -0.1) is 0 Å². The number of carbonyl (C=O) groups excluding carboxylic acids is 1. The average Bonchev–Trinajstić information content (AvgIpc) is 3.39. The third-order valence-corrected chi connectivity index (χ3v) is 17.0. The number of carboxylic acid groups (broad SMARTS) is 2. The number of aliphatic hydroxyl groups is 5. The molecule has 2 saturated heterocycles. The molecule has 2 heterocycles. The van der Waals surface area contributed by atoms with Gasteiger partial charge in [0.05, 0.1) is 24.7 Å². The van der Waals surface area contributed by atoms with Crippen molar-refractivity contribution in [3.05, 3.63) is 11.6 Å². The second kappa shape index (κ2) is 13.3. The lowest BCUT2D eigenvalue weighted by atomic mass is 9.33. The smallest absolute Gasteiger partial charge is 0.335 e. The number of hydrogen-bond acceptors (Lipinski definition) is 12. The molecule has 55 heavy (non-hydrogen) atoms. The van der Waals surface area contributed by atoms with Gasteiger partial charge < -0.3 is 54.7 Å². The van der Waals surface area contributed by atoms with Gasteiger partial charge >= 0.3 is 11.9 Å². The Morgan fingerprint density at radius 3 is 2.16 bits per heavy atom. The van der Waals surface area contributed by atoms with Gasteiger partial charge in [0.1, 0.15) is 30.0 Å². The van der Waals surface area contributed by atoms with Crippen molar-refractivity contribution >= 4 is 17.7 Å². The van der Waals surface area contributed by atoms with Crippen LogP contribution >= 0.6 is 0 Å². The molecule has 7 aliphatic rings. The fraction of sp³-hybridized carbons (Fsp3) is 0.878. The molecular formula is C41H62O14. The number of fused-ring (bicyclic) bond motifs is 7. The average molecular weight is 779 g/mol. The van der Waals surface area contributed by atoms with E-state index >= 15 is 0 Å². The van der Waals surface area contributed by atoms with Crippen LogP contribution in [0.5, 0.6) is 0 Å². The van der Waals surface area contributed by atoms with Crippen molar-refractivity contribution in [2.45, 2.75) is 161 Å². The first kappa shape index (κ1) is 41.2. The summed E-state index contributed by atoms with van der Waals surface area (Å²) < 4.78 is 23.7. The van der Waals surface area contributed by atoms with Gasteiger partial charge in [-0.1, -0.05) is 47.1 Å². The van der Waals surface area contributed by atoms with E-state index in [1.54, 1.807) is 0 Å². The Balaban J connectivity index is 1.17. The SMILES string of the molecule is CC1(C)[C@H](O[C@H]2O[C@@H](C(=O)O)[C@H](O)[C@@H](O)[C@@H]2O[C@H]2OC[C@@](O)(CO)[C@@H]2O)CC[C@]2(C)[C@H]1CC[C@@]1(C)[C@H]2C(=O)C=C2[C@@H]3C[C@@](C)(C(=O)O)CC[C@]3(C)CC[C@@]21C. The van der Waals surface area contributed by atoms with Crippen LogP contribution in [0.4, 0.5) is 0 Å². The molecule has 7 N–H and O–H groups in total. The van der Waals surface area contributed by atoms with Crippen LogP contribution < -0.4 is 0 Å². The molecule has 0 aromatic heterocycles. The molecule has 7 rings (SSSR count). The zero-order valence-electron chi connectivity index (χ0n) is 33.2. The largest absolute Gasteiger partial charge is 0.481 e. The summed E-state index contributed by atoms with van der Waals surface area (Å²) in [5.41, 5.74) is -3.52. The first-order valence-corrected chi connectivity index (χ1v) is 20.1. The first-order chi connectivity index (χ1) is 25.4. The van der Waals surface area contributed by atoms with Crippen LogP contribution in [0.25, 0.3) is 0 Å². The summed E-state index contributed by atoms with van der Waals surface area (Å²) >= 11 is 0. The van der Waals surface area contributed by atoms with Crippen LogP contribution in [0.15, 0.2) is 11.6 Å². The molecule has 0 radical (unpaired) electrons. The van der Waals surface area contributed by atoms with E-state index in [0.717, 1.165) is 37.7 Å². The van der Waals surface area contributed by atoms with E-state index in [-0.39, 0.29) is 39.8 Å². The number of hydrogen-bond donors (Lipinski definition) is 7. The second-order valence-corrected chi connectivity index (χ2v) is 20.3. The number of carbonyl (C=O) groups is 3. The number of ketones is 1. The maximum atomic E-state index is 14.8. The predicted octanol–water partition coefficient (Wildman–Crippen LogP) is 2.79. The number of allylic oxidation sites excluding steroid dienone is 2. The molecule has 14 nitrogen and oxygen atoms in total. The molecular weight excluding hydrogens is 716 g/mol. The topological polar surface area (TPSA) is 230 Å². The quantitative estimate of drug-likeness (QED) is 0.185. The first-order valence-electron chi connectivity index (χ1n) is 20.1. The van der Waals surface area contributed by atoms with E-state index in [4.69, 9.17) is 18.9 Å². The Hall–Kier alpha value is -2.01. The Morgan fingerprint density at radius 2 is 1.55 bits per heavy atom. The van der Waals surface area contributed by atoms with Crippen LogP contribution in [0.2, 0.25) is 0 Å². The Morgan fingerprint density at radius 1 is 0.873 bits per heavy atom. The molecule has 6 fully saturated rings. The number of aliphatic carboxylic acids is 2. The highest BCUT2D eigenvalue weighted by molar-refractivity contribution is 5.95. The summed E-state index contributed by atoms with van der Waals surface area (Å²) in [7, 11) is 0. The number of ether oxygens (including phenoxy) is 4. The van der Waals surface area contributed by atoms with E-state index in [9.17, 15) is 50.1 Å². The van der Waals surface area contributed by atoms with Gasteiger partial charge in [-0.05, 0) is 110 Å². The van der Waals surface area contributed by atoms with E-state index in [1.807, 2.05) is 13.0 Å². The summed E-state index contributed by atoms with van der Waals surface area (Å²) in [6, 6.07) is 0. The fourth-order valence-corrected chi connectivity index (χ4v) is 13.1. The third-order valence-electron chi connectivity index (χ3n) is 17.0. The molecule has 5 aliphatic carbocycles. The number of rotatable bonds is 7. The zero-order chi connectivity index (χ0) is 40.5. The number of aliphatic hydroxyl groups excluding tert-OH is 4. The lowest BCUT2D eigenvalue weighted by Gasteiger charge is -2.70. The van der Waals surface area contributed by atoms with Crippen LogP contribution in [-0.4, -0.2) is 121 Å². The van der Waals surface area contributed by atoms with Gasteiger partial charge in [0.25, 0.3) is 0 Å². The minimum Gasteiger partial charge on any atom is -0.481 e. The normalized spacial score (nSPS) is 53.3. The molecule has 0 bridgehead atoms. The van der Waals surface area contributed by atoms with Gasteiger partial charge in [0, 0.05) is 5.92 Å². The van der Waals surface area contributed by atoms with Gasteiger partial charge in [-0.3, -0.25) is 9.59 Å². The molecule has 0 amide bonds. The molecule has 0 aromatic carbocycles. The summed E-state index contributed by atoms with van der Waals surface area (Å²) in [6.07, 6.45) is -4.15. The van der Waals surface area contributed by atoms with E-state index in [0.29, 0.717) is 25.7 Å². The maximum absolute atomic E-state index is 14.8. The van der Waals surface area contributed by atoms with Crippen molar-refractivity contribution in [1.82, 2.24) is 0 Å². The Bertz CT molecular complexity index is 1610. The molecule has 4 saturated carbocycles. The molecule has 2 aliphatic heterocycles. The van der Waals surface area contributed by atoms with Crippen molar-refractivity contribution in [2.75, 3.05) is 13.2 Å². The van der Waals surface area contributed by atoms with Crippen LogP contribution in [0.3, 0.4) is 0 Å². The highest BCUT2D eigenvalue weighted by atomic mass is 16.8. The fourth-order valence-electron chi connectivity index (χ4n) is 13.1. The Kier molecular flexibility index (Phi) is 9.92. The summed E-state index contributed by atoms with van der Waals surface area (Å²) in [5, 5.41) is 72.9. The van der Waals surface area contributed by atoms with Crippen LogP contribution in [0.1, 0.15) is 106 Å². The van der Waals surface area contributed by atoms with Crippen LogP contribution in [0, 0.1) is 50.2 Å². The predicted molar refractivity (Wildman–Crippen MR) is 193 cm³/mol. The summed E-state index contributed by atoms with van der Waals surface area (Å²) in [4.78, 5) is 39.4. The monoisotopic (exact) mass is 778 g/mol. The van der Waals surface area contributed by atoms with E-state index in [1.165, 1.54) is 0 Å². The van der Waals surface area contributed by atoms with Crippen molar-refractivity contribution in [2.24, 2.45) is 50.2 Å².